The molecule has 0 bridgehead atoms. The maximum atomic E-state index is 10.6. The van der Waals surface area contributed by atoms with Gasteiger partial charge >= 0.3 is 0 Å². The number of phenols is 2. The van der Waals surface area contributed by atoms with E-state index in [0.29, 0.717) is 11.8 Å². The minimum atomic E-state index is 0.00980. The second-order valence-electron chi connectivity index (χ2n) is 9.74. The predicted octanol–water partition coefficient (Wildman–Crippen LogP) is 4.09. The van der Waals surface area contributed by atoms with Crippen molar-refractivity contribution in [3.63, 3.8) is 0 Å². The summed E-state index contributed by atoms with van der Waals surface area (Å²) in [6.07, 6.45) is 5.49. The Labute approximate surface area is 145 Å². The van der Waals surface area contributed by atoms with Crippen LogP contribution in [0.4, 0.5) is 0 Å². The van der Waals surface area contributed by atoms with Gasteiger partial charge in [0.15, 0.2) is 0 Å². The minimum Gasteiger partial charge on any atom is -0.508 e. The van der Waals surface area contributed by atoms with Crippen LogP contribution in [0.3, 0.4) is 0 Å². The van der Waals surface area contributed by atoms with Gasteiger partial charge in [-0.05, 0) is 66.4 Å². The molecule has 1 aromatic rings. The molecule has 0 spiro atoms. The number of hydrogen-bond acceptors (Lipinski definition) is 3. The van der Waals surface area contributed by atoms with Crippen LogP contribution in [0.15, 0.2) is 12.1 Å². The van der Waals surface area contributed by atoms with E-state index in [0.717, 1.165) is 30.4 Å². The first-order valence-electron chi connectivity index (χ1n) is 9.41. The summed E-state index contributed by atoms with van der Waals surface area (Å²) in [6, 6.07) is 3.67. The molecule has 24 heavy (non-hydrogen) atoms. The zero-order valence-corrected chi connectivity index (χ0v) is 15.4. The summed E-state index contributed by atoms with van der Waals surface area (Å²) in [5, 5.41) is 20.5. The van der Waals surface area contributed by atoms with Crippen molar-refractivity contribution >= 4 is 0 Å². The van der Waals surface area contributed by atoms with E-state index in [2.05, 4.69) is 27.7 Å². The van der Waals surface area contributed by atoms with E-state index >= 15 is 0 Å². The lowest BCUT2D eigenvalue weighted by Crippen LogP contribution is -2.60. The van der Waals surface area contributed by atoms with Gasteiger partial charge in [-0.2, -0.15) is 0 Å². The quantitative estimate of drug-likeness (QED) is 0.671. The fourth-order valence-corrected chi connectivity index (χ4v) is 7.05. The molecular weight excluding hydrogens is 298 g/mol. The highest BCUT2D eigenvalue weighted by atomic mass is 16.3. The standard InChI is InChI=1S/C21H31NO2/c1-19(2)15-5-7-21(4)16(20(15,3)8-6-17(19)22)10-12-9-13(23)11-14(24)18(12)21/h9,11,15-17,23-24H,5-8,10,22H2,1-4H3/t15?,16?,17?,20?,21-/m1/s1. The molecule has 0 aromatic heterocycles. The molecule has 4 N–H and O–H groups in total. The molecule has 1 aromatic carbocycles. The van der Waals surface area contributed by atoms with Gasteiger partial charge in [-0.1, -0.05) is 27.7 Å². The second-order valence-corrected chi connectivity index (χ2v) is 9.74. The summed E-state index contributed by atoms with van der Waals surface area (Å²) in [5.74, 6) is 1.60. The molecule has 3 aliphatic carbocycles. The summed E-state index contributed by atoms with van der Waals surface area (Å²) in [4.78, 5) is 0. The second kappa shape index (κ2) is 4.69. The Hall–Kier alpha value is -1.22. The molecule has 0 heterocycles. The first kappa shape index (κ1) is 16.3. The number of aromatic hydroxyl groups is 2. The minimum absolute atomic E-state index is 0.00980. The van der Waals surface area contributed by atoms with Crippen molar-refractivity contribution in [1.29, 1.82) is 0 Å². The van der Waals surface area contributed by atoms with Gasteiger partial charge in [-0.15, -0.1) is 0 Å². The molecule has 4 unspecified atom stereocenters. The maximum absolute atomic E-state index is 10.6. The smallest absolute Gasteiger partial charge is 0.123 e. The van der Waals surface area contributed by atoms with Gasteiger partial charge < -0.3 is 15.9 Å². The normalized spacial score (nSPS) is 43.0. The molecule has 3 heteroatoms. The van der Waals surface area contributed by atoms with E-state index in [9.17, 15) is 10.2 Å². The van der Waals surface area contributed by atoms with E-state index in [4.69, 9.17) is 5.73 Å². The van der Waals surface area contributed by atoms with E-state index in [1.54, 1.807) is 0 Å². The third-order valence-electron chi connectivity index (χ3n) is 8.34. The molecule has 2 saturated carbocycles. The summed E-state index contributed by atoms with van der Waals surface area (Å²) in [5.41, 5.74) is 9.16. The van der Waals surface area contributed by atoms with Crippen molar-refractivity contribution in [3.8, 4) is 11.5 Å². The Morgan fingerprint density at radius 1 is 1.00 bits per heavy atom. The third-order valence-corrected chi connectivity index (χ3v) is 8.34. The van der Waals surface area contributed by atoms with Crippen LogP contribution < -0.4 is 5.73 Å². The molecule has 3 nitrogen and oxygen atoms in total. The molecule has 0 aliphatic heterocycles. The monoisotopic (exact) mass is 329 g/mol. The molecule has 3 aliphatic rings. The molecule has 0 saturated heterocycles. The molecule has 132 valence electrons. The van der Waals surface area contributed by atoms with Crippen LogP contribution in [0.2, 0.25) is 0 Å². The number of rotatable bonds is 0. The number of nitrogens with two attached hydrogens (primary N) is 1. The average Bonchev–Trinajstić information content (AvgIpc) is 2.77. The number of phenolic OH excluding ortho intramolecular Hbond substituents is 2. The predicted molar refractivity (Wildman–Crippen MR) is 96.1 cm³/mol. The topological polar surface area (TPSA) is 66.5 Å². The van der Waals surface area contributed by atoms with Gasteiger partial charge in [-0.25, -0.2) is 0 Å². The van der Waals surface area contributed by atoms with Crippen molar-refractivity contribution in [1.82, 2.24) is 0 Å². The van der Waals surface area contributed by atoms with Crippen LogP contribution >= 0.6 is 0 Å². The SMILES string of the molecule is CC1(C)C(N)CCC2(C)C1CC[C@@]1(C)c3c(O)cc(O)cc3CC21. The molecule has 0 radical (unpaired) electrons. The number of benzene rings is 1. The van der Waals surface area contributed by atoms with Crippen LogP contribution in [0.1, 0.15) is 64.5 Å². The summed E-state index contributed by atoms with van der Waals surface area (Å²) < 4.78 is 0. The maximum Gasteiger partial charge on any atom is 0.123 e. The lowest BCUT2D eigenvalue weighted by Gasteiger charge is -2.62. The molecule has 4 rings (SSSR count). The Morgan fingerprint density at radius 2 is 1.71 bits per heavy atom. The first-order valence-corrected chi connectivity index (χ1v) is 9.41. The van der Waals surface area contributed by atoms with Crippen LogP contribution in [-0.4, -0.2) is 16.3 Å². The Kier molecular flexibility index (Phi) is 3.18. The largest absolute Gasteiger partial charge is 0.508 e. The third kappa shape index (κ3) is 1.82. The lowest BCUT2D eigenvalue weighted by molar-refractivity contribution is -0.107. The van der Waals surface area contributed by atoms with Crippen LogP contribution in [0.5, 0.6) is 11.5 Å². The Morgan fingerprint density at radius 3 is 2.42 bits per heavy atom. The number of hydrogen-bond donors (Lipinski definition) is 3. The fourth-order valence-electron chi connectivity index (χ4n) is 7.05. The van der Waals surface area contributed by atoms with E-state index < -0.39 is 0 Å². The van der Waals surface area contributed by atoms with Crippen LogP contribution in [-0.2, 0) is 11.8 Å². The van der Waals surface area contributed by atoms with Crippen molar-refractivity contribution in [2.75, 3.05) is 0 Å². The van der Waals surface area contributed by atoms with E-state index in [1.165, 1.54) is 18.9 Å². The fraction of sp³-hybridized carbons (Fsp3) is 0.714. The van der Waals surface area contributed by atoms with Gasteiger partial charge in [0.05, 0.1) is 0 Å². The highest BCUT2D eigenvalue weighted by Crippen LogP contribution is 2.68. The number of fused-ring (bicyclic) bond motifs is 5. The summed E-state index contributed by atoms with van der Waals surface area (Å²) in [6.45, 7) is 9.51. The van der Waals surface area contributed by atoms with Crippen molar-refractivity contribution < 1.29 is 10.2 Å². The molecule has 5 atom stereocenters. The first-order chi connectivity index (χ1) is 11.1. The zero-order chi connectivity index (χ0) is 17.5. The summed E-state index contributed by atoms with van der Waals surface area (Å²) >= 11 is 0. The average molecular weight is 329 g/mol. The van der Waals surface area contributed by atoms with E-state index in [-0.39, 0.29) is 33.8 Å². The zero-order valence-electron chi connectivity index (χ0n) is 15.4. The van der Waals surface area contributed by atoms with Crippen molar-refractivity contribution in [2.45, 2.75) is 71.3 Å². The van der Waals surface area contributed by atoms with Gasteiger partial charge in [0.2, 0.25) is 0 Å². The van der Waals surface area contributed by atoms with Crippen molar-refractivity contribution in [2.24, 2.45) is 28.4 Å². The Bertz CT molecular complexity index is 697. The van der Waals surface area contributed by atoms with Gasteiger partial charge in [0.1, 0.15) is 11.5 Å². The van der Waals surface area contributed by atoms with E-state index in [1.807, 2.05) is 6.07 Å². The highest BCUT2D eigenvalue weighted by Gasteiger charge is 2.62. The van der Waals surface area contributed by atoms with Gasteiger partial charge in [0, 0.05) is 23.1 Å². The van der Waals surface area contributed by atoms with Crippen molar-refractivity contribution in [3.05, 3.63) is 23.3 Å². The highest BCUT2D eigenvalue weighted by molar-refractivity contribution is 5.54. The molecule has 0 amide bonds. The van der Waals surface area contributed by atoms with Crippen LogP contribution in [0.25, 0.3) is 0 Å². The van der Waals surface area contributed by atoms with Gasteiger partial charge in [-0.3, -0.25) is 0 Å². The van der Waals surface area contributed by atoms with Gasteiger partial charge in [0.25, 0.3) is 0 Å². The lowest BCUT2D eigenvalue weighted by atomic mass is 9.43. The molecular formula is C21H31NO2. The Balaban J connectivity index is 1.83. The molecule has 2 fully saturated rings. The summed E-state index contributed by atoms with van der Waals surface area (Å²) in [7, 11) is 0. The van der Waals surface area contributed by atoms with Crippen LogP contribution in [0, 0.1) is 22.7 Å².